The molecule has 1 atom stereocenters. The van der Waals surface area contributed by atoms with E-state index >= 15 is 0 Å². The minimum Gasteiger partial charge on any atom is -0.481 e. The fraction of sp³-hybridized carbons (Fsp3) is 0.500. The first-order valence-electron chi connectivity index (χ1n) is 4.84. The van der Waals surface area contributed by atoms with Crippen molar-refractivity contribution in [3.8, 4) is 0 Å². The molecule has 2 heterocycles. The number of hydrogen-bond acceptors (Lipinski definition) is 4. The number of thiophene rings is 1. The highest BCUT2D eigenvalue weighted by molar-refractivity contribution is 7.16. The highest BCUT2D eigenvalue weighted by Gasteiger charge is 2.53. The number of nitrogens with one attached hydrogen (secondary N) is 1. The molecule has 1 fully saturated rings. The molecule has 0 radical (unpaired) electrons. The van der Waals surface area contributed by atoms with Crippen molar-refractivity contribution in [2.75, 3.05) is 20.3 Å². The van der Waals surface area contributed by atoms with E-state index in [4.69, 9.17) is 16.3 Å². The van der Waals surface area contributed by atoms with E-state index in [9.17, 15) is 9.90 Å². The summed E-state index contributed by atoms with van der Waals surface area (Å²) in [6.07, 6.45) is 0. The van der Waals surface area contributed by atoms with Gasteiger partial charge in [0, 0.05) is 4.88 Å². The third kappa shape index (κ3) is 1.73. The normalized spacial score (nSPS) is 20.1. The molecule has 2 N–H and O–H groups in total. The summed E-state index contributed by atoms with van der Waals surface area (Å²) in [5.41, 5.74) is -0.858. The molecule has 88 valence electrons. The van der Waals surface area contributed by atoms with Gasteiger partial charge in [-0.3, -0.25) is 4.79 Å². The molecule has 0 amide bonds. The standard InChI is InChI=1S/C10H12ClNO3S/c1-12-8(6-2-3-7(11)16-6)10(9(13)14)4-15-5-10/h2-3,8,12H,4-5H2,1H3,(H,13,14). The predicted octanol–water partition coefficient (Wildman–Crippen LogP) is 1.76. The number of carbonyl (C=O) groups is 1. The van der Waals surface area contributed by atoms with Crippen molar-refractivity contribution >= 4 is 28.9 Å². The van der Waals surface area contributed by atoms with Gasteiger partial charge < -0.3 is 15.2 Å². The molecule has 0 spiro atoms. The van der Waals surface area contributed by atoms with Crippen LogP contribution in [0, 0.1) is 5.41 Å². The van der Waals surface area contributed by atoms with Crippen LogP contribution in [0.5, 0.6) is 0 Å². The molecule has 0 bridgehead atoms. The summed E-state index contributed by atoms with van der Waals surface area (Å²) < 4.78 is 5.72. The molecule has 1 aromatic heterocycles. The average molecular weight is 262 g/mol. The van der Waals surface area contributed by atoms with Crippen LogP contribution in [0.2, 0.25) is 4.34 Å². The lowest BCUT2D eigenvalue weighted by molar-refractivity contribution is -0.186. The molecule has 16 heavy (non-hydrogen) atoms. The Morgan fingerprint density at radius 1 is 1.69 bits per heavy atom. The molecule has 2 rings (SSSR count). The summed E-state index contributed by atoms with van der Waals surface area (Å²) in [7, 11) is 1.75. The lowest BCUT2D eigenvalue weighted by Crippen LogP contribution is -2.56. The van der Waals surface area contributed by atoms with Crippen LogP contribution in [0.15, 0.2) is 12.1 Å². The summed E-state index contributed by atoms with van der Waals surface area (Å²) >= 11 is 7.26. The first-order chi connectivity index (χ1) is 7.60. The summed E-state index contributed by atoms with van der Waals surface area (Å²) in [5, 5.41) is 12.4. The Hall–Kier alpha value is -0.620. The van der Waals surface area contributed by atoms with E-state index in [0.717, 1.165) is 4.88 Å². The van der Waals surface area contributed by atoms with Crippen LogP contribution in [0.25, 0.3) is 0 Å². The van der Waals surface area contributed by atoms with Gasteiger partial charge in [0.2, 0.25) is 0 Å². The number of ether oxygens (including phenoxy) is 1. The van der Waals surface area contributed by atoms with Crippen molar-refractivity contribution in [2.45, 2.75) is 6.04 Å². The van der Waals surface area contributed by atoms with Gasteiger partial charge >= 0.3 is 5.97 Å². The number of halogens is 1. The maximum Gasteiger partial charge on any atom is 0.316 e. The van der Waals surface area contributed by atoms with Crippen LogP contribution in [-0.4, -0.2) is 31.3 Å². The number of carboxylic acids is 1. The molecule has 1 saturated heterocycles. The van der Waals surface area contributed by atoms with E-state index < -0.39 is 11.4 Å². The molecule has 1 unspecified atom stereocenters. The average Bonchev–Trinajstić information content (AvgIpc) is 2.56. The lowest BCUT2D eigenvalue weighted by atomic mass is 9.77. The number of carboxylic acid groups (broad SMARTS) is 1. The molecule has 0 aliphatic carbocycles. The molecular weight excluding hydrogens is 250 g/mol. The van der Waals surface area contributed by atoms with Crippen LogP contribution in [0.1, 0.15) is 10.9 Å². The molecule has 0 aromatic carbocycles. The van der Waals surface area contributed by atoms with Crippen LogP contribution < -0.4 is 5.32 Å². The van der Waals surface area contributed by atoms with Gasteiger partial charge in [-0.2, -0.15) is 0 Å². The van der Waals surface area contributed by atoms with E-state index in [1.807, 2.05) is 6.07 Å². The van der Waals surface area contributed by atoms with E-state index in [-0.39, 0.29) is 19.3 Å². The van der Waals surface area contributed by atoms with E-state index in [1.54, 1.807) is 13.1 Å². The second kappa shape index (κ2) is 4.33. The molecule has 1 aliphatic rings. The SMILES string of the molecule is CNC(c1ccc(Cl)s1)C1(C(=O)O)COC1. The Kier molecular flexibility index (Phi) is 3.21. The zero-order valence-corrected chi connectivity index (χ0v) is 10.3. The second-order valence-corrected chi connectivity index (χ2v) is 5.56. The predicted molar refractivity (Wildman–Crippen MR) is 62.0 cm³/mol. The van der Waals surface area contributed by atoms with Gasteiger partial charge in [0.15, 0.2) is 0 Å². The van der Waals surface area contributed by atoms with Crippen molar-refractivity contribution in [1.29, 1.82) is 0 Å². The van der Waals surface area contributed by atoms with Crippen LogP contribution in [-0.2, 0) is 9.53 Å². The van der Waals surface area contributed by atoms with Crippen molar-refractivity contribution in [3.63, 3.8) is 0 Å². The van der Waals surface area contributed by atoms with Gasteiger partial charge in [0.1, 0.15) is 5.41 Å². The number of hydrogen-bond donors (Lipinski definition) is 2. The first-order valence-corrected chi connectivity index (χ1v) is 6.03. The second-order valence-electron chi connectivity index (χ2n) is 3.82. The summed E-state index contributed by atoms with van der Waals surface area (Å²) in [4.78, 5) is 12.3. The minimum absolute atomic E-state index is 0.239. The highest BCUT2D eigenvalue weighted by Crippen LogP contribution is 2.43. The topological polar surface area (TPSA) is 58.6 Å². The molecule has 4 nitrogen and oxygen atoms in total. The van der Waals surface area contributed by atoms with Crippen LogP contribution >= 0.6 is 22.9 Å². The smallest absolute Gasteiger partial charge is 0.316 e. The molecular formula is C10H12ClNO3S. The van der Waals surface area contributed by atoms with Crippen LogP contribution in [0.4, 0.5) is 0 Å². The third-order valence-corrected chi connectivity index (χ3v) is 4.16. The molecule has 0 saturated carbocycles. The Morgan fingerprint density at radius 2 is 2.38 bits per heavy atom. The number of rotatable bonds is 4. The zero-order chi connectivity index (χ0) is 11.8. The first kappa shape index (κ1) is 11.9. The maximum atomic E-state index is 11.3. The third-order valence-electron chi connectivity index (χ3n) is 2.86. The highest BCUT2D eigenvalue weighted by atomic mass is 35.5. The van der Waals surface area contributed by atoms with Gasteiger partial charge in [-0.25, -0.2) is 0 Å². The Labute approximate surface area is 102 Å². The summed E-state index contributed by atoms with van der Waals surface area (Å²) in [6, 6.07) is 3.38. The Balaban J connectivity index is 2.31. The summed E-state index contributed by atoms with van der Waals surface area (Å²) in [6.45, 7) is 0.479. The molecule has 1 aliphatic heterocycles. The van der Waals surface area contributed by atoms with E-state index in [1.165, 1.54) is 11.3 Å². The van der Waals surface area contributed by atoms with Crippen molar-refractivity contribution in [1.82, 2.24) is 5.32 Å². The number of aliphatic carboxylic acids is 1. The van der Waals surface area contributed by atoms with Crippen molar-refractivity contribution < 1.29 is 14.6 Å². The largest absolute Gasteiger partial charge is 0.481 e. The van der Waals surface area contributed by atoms with Gasteiger partial charge in [0.05, 0.1) is 23.6 Å². The van der Waals surface area contributed by atoms with E-state index in [0.29, 0.717) is 4.34 Å². The Morgan fingerprint density at radius 3 is 2.69 bits per heavy atom. The maximum absolute atomic E-state index is 11.3. The van der Waals surface area contributed by atoms with Gasteiger partial charge in [-0.15, -0.1) is 11.3 Å². The van der Waals surface area contributed by atoms with Crippen LogP contribution in [0.3, 0.4) is 0 Å². The quantitative estimate of drug-likeness (QED) is 0.867. The molecule has 6 heteroatoms. The van der Waals surface area contributed by atoms with Crippen molar-refractivity contribution in [2.24, 2.45) is 5.41 Å². The Bertz CT molecular complexity index is 403. The fourth-order valence-electron chi connectivity index (χ4n) is 1.91. The lowest BCUT2D eigenvalue weighted by Gasteiger charge is -2.42. The fourth-order valence-corrected chi connectivity index (χ4v) is 3.20. The van der Waals surface area contributed by atoms with Gasteiger partial charge in [-0.05, 0) is 19.2 Å². The van der Waals surface area contributed by atoms with Gasteiger partial charge in [-0.1, -0.05) is 11.6 Å². The van der Waals surface area contributed by atoms with Crippen molar-refractivity contribution in [3.05, 3.63) is 21.3 Å². The molecule has 1 aromatic rings. The zero-order valence-electron chi connectivity index (χ0n) is 8.70. The van der Waals surface area contributed by atoms with Gasteiger partial charge in [0.25, 0.3) is 0 Å². The summed E-state index contributed by atoms with van der Waals surface area (Å²) in [5.74, 6) is -0.831. The van der Waals surface area contributed by atoms with E-state index in [2.05, 4.69) is 5.32 Å². The minimum atomic E-state index is -0.858. The monoisotopic (exact) mass is 261 g/mol.